The summed E-state index contributed by atoms with van der Waals surface area (Å²) in [6, 6.07) is 17.7. The molecule has 1 saturated heterocycles. The predicted molar refractivity (Wildman–Crippen MR) is 116 cm³/mol. The van der Waals surface area contributed by atoms with E-state index >= 15 is 0 Å². The van der Waals surface area contributed by atoms with Crippen LogP contribution < -0.4 is 0 Å². The summed E-state index contributed by atoms with van der Waals surface area (Å²) >= 11 is 6.01. The summed E-state index contributed by atoms with van der Waals surface area (Å²) in [5.41, 5.74) is 2.10. The van der Waals surface area contributed by atoms with Crippen LogP contribution in [0, 0.1) is 6.92 Å². The molecule has 2 aromatic carbocycles. The highest BCUT2D eigenvalue weighted by atomic mass is 35.5. The summed E-state index contributed by atoms with van der Waals surface area (Å²) in [5, 5.41) is 11.9. The Balaban J connectivity index is 1.51. The minimum Gasteiger partial charge on any atom is -0.439 e. The van der Waals surface area contributed by atoms with Gasteiger partial charge in [0.25, 0.3) is 0 Å². The van der Waals surface area contributed by atoms with Crippen molar-refractivity contribution in [1.29, 1.82) is 0 Å². The van der Waals surface area contributed by atoms with Crippen molar-refractivity contribution in [2.24, 2.45) is 0 Å². The molecule has 0 amide bonds. The van der Waals surface area contributed by atoms with Crippen LogP contribution in [0.3, 0.4) is 0 Å². The van der Waals surface area contributed by atoms with E-state index in [1.165, 1.54) is 0 Å². The third-order valence-corrected chi connectivity index (χ3v) is 6.24. The Kier molecular flexibility index (Phi) is 5.77. The summed E-state index contributed by atoms with van der Waals surface area (Å²) in [5.74, 6) is 1.51. The van der Waals surface area contributed by atoms with Crippen molar-refractivity contribution >= 4 is 11.6 Å². The van der Waals surface area contributed by atoms with Gasteiger partial charge in [0.05, 0.1) is 17.3 Å². The lowest BCUT2D eigenvalue weighted by atomic mass is 9.87. The first-order valence-electron chi connectivity index (χ1n) is 10.2. The molecule has 5 heteroatoms. The van der Waals surface area contributed by atoms with E-state index in [4.69, 9.17) is 21.0 Å². The Hall–Kier alpha value is -2.14. The fourth-order valence-corrected chi connectivity index (χ4v) is 4.31. The number of nitrogens with zero attached hydrogens (tertiary/aromatic N) is 2. The van der Waals surface area contributed by atoms with Crippen LogP contribution in [0.15, 0.2) is 59.0 Å². The van der Waals surface area contributed by atoms with Gasteiger partial charge in [-0.1, -0.05) is 41.9 Å². The number of aliphatic hydroxyl groups is 1. The molecular formula is C24H27ClN2O2. The average molecular weight is 411 g/mol. The number of aromatic nitrogens is 1. The molecule has 2 atom stereocenters. The van der Waals surface area contributed by atoms with Gasteiger partial charge in [-0.2, -0.15) is 0 Å². The number of aryl methyl sites for hydroxylation is 1. The van der Waals surface area contributed by atoms with Gasteiger partial charge in [0.15, 0.2) is 5.76 Å². The van der Waals surface area contributed by atoms with Gasteiger partial charge < -0.3 is 9.52 Å². The standard InChI is InChI=1S/C24H27ClN2O2/c1-17-22(19-9-11-21(25)12-10-19)29-23(26-17)18(2)27-15-6-13-24(28,14-16-27)20-7-4-3-5-8-20/h3-5,7-12,18,28H,6,13-16H2,1-2H3. The first kappa shape index (κ1) is 20.1. The topological polar surface area (TPSA) is 49.5 Å². The van der Waals surface area contributed by atoms with Gasteiger partial charge in [0.2, 0.25) is 5.89 Å². The summed E-state index contributed by atoms with van der Waals surface area (Å²) < 4.78 is 6.17. The molecule has 4 nitrogen and oxygen atoms in total. The monoisotopic (exact) mass is 410 g/mol. The van der Waals surface area contributed by atoms with Gasteiger partial charge in [-0.05, 0) is 69.5 Å². The smallest absolute Gasteiger partial charge is 0.212 e. The van der Waals surface area contributed by atoms with Crippen LogP contribution in [-0.2, 0) is 5.60 Å². The zero-order valence-electron chi connectivity index (χ0n) is 16.9. The summed E-state index contributed by atoms with van der Waals surface area (Å²) in [7, 11) is 0. The zero-order valence-corrected chi connectivity index (χ0v) is 17.7. The predicted octanol–water partition coefficient (Wildman–Crippen LogP) is 5.74. The molecule has 0 radical (unpaired) electrons. The second-order valence-corrected chi connectivity index (χ2v) is 8.37. The van der Waals surface area contributed by atoms with Crippen LogP contribution in [0.25, 0.3) is 11.3 Å². The Morgan fingerprint density at radius 2 is 1.79 bits per heavy atom. The second-order valence-electron chi connectivity index (χ2n) is 7.94. The van der Waals surface area contributed by atoms with E-state index in [1.807, 2.05) is 61.5 Å². The maximum absolute atomic E-state index is 11.2. The maximum Gasteiger partial charge on any atom is 0.212 e. The normalized spacial score (nSPS) is 21.7. The number of benzene rings is 2. The van der Waals surface area contributed by atoms with Crippen molar-refractivity contribution in [1.82, 2.24) is 9.88 Å². The van der Waals surface area contributed by atoms with Gasteiger partial charge in [-0.3, -0.25) is 4.90 Å². The average Bonchev–Trinajstić information content (AvgIpc) is 3.00. The first-order chi connectivity index (χ1) is 14.0. The van der Waals surface area contributed by atoms with Gasteiger partial charge in [-0.15, -0.1) is 0 Å². The lowest BCUT2D eigenvalue weighted by Crippen LogP contribution is -2.31. The molecule has 1 N–H and O–H groups in total. The number of halogens is 1. The number of hydrogen-bond donors (Lipinski definition) is 1. The molecule has 1 aliphatic heterocycles. The highest BCUT2D eigenvalue weighted by Gasteiger charge is 2.34. The van der Waals surface area contributed by atoms with Gasteiger partial charge in [0, 0.05) is 17.1 Å². The molecule has 29 heavy (non-hydrogen) atoms. The second kappa shape index (κ2) is 8.31. The number of oxazole rings is 1. The van der Waals surface area contributed by atoms with Crippen molar-refractivity contribution in [3.05, 3.63) is 76.8 Å². The van der Waals surface area contributed by atoms with E-state index in [0.29, 0.717) is 11.4 Å². The third-order valence-electron chi connectivity index (χ3n) is 5.98. The molecule has 1 aliphatic rings. The molecule has 4 rings (SSSR count). The maximum atomic E-state index is 11.2. The summed E-state index contributed by atoms with van der Waals surface area (Å²) in [4.78, 5) is 7.06. The van der Waals surface area contributed by atoms with E-state index in [2.05, 4.69) is 11.8 Å². The molecule has 0 saturated carbocycles. The van der Waals surface area contributed by atoms with Gasteiger partial charge in [0.1, 0.15) is 0 Å². The minimum absolute atomic E-state index is 0.0490. The molecule has 3 aromatic rings. The number of rotatable bonds is 4. The van der Waals surface area contributed by atoms with Crippen LogP contribution in [0.1, 0.15) is 49.4 Å². The van der Waals surface area contributed by atoms with E-state index in [0.717, 1.165) is 54.4 Å². The molecule has 0 aliphatic carbocycles. The summed E-state index contributed by atoms with van der Waals surface area (Å²) in [6.45, 7) is 5.81. The zero-order chi connectivity index (χ0) is 20.4. The molecule has 152 valence electrons. The van der Waals surface area contributed by atoms with Crippen LogP contribution in [0.5, 0.6) is 0 Å². The largest absolute Gasteiger partial charge is 0.439 e. The highest BCUT2D eigenvalue weighted by Crippen LogP contribution is 2.36. The molecule has 2 heterocycles. The number of likely N-dealkylation sites (tertiary alicyclic amines) is 1. The SMILES string of the molecule is Cc1nc(C(C)N2CCCC(O)(c3ccccc3)CC2)oc1-c1ccc(Cl)cc1. The summed E-state index contributed by atoms with van der Waals surface area (Å²) in [6.07, 6.45) is 2.39. The molecule has 2 unspecified atom stereocenters. The number of hydrogen-bond acceptors (Lipinski definition) is 4. The molecule has 1 fully saturated rings. The van der Waals surface area contributed by atoms with Crippen molar-refractivity contribution in [2.45, 2.75) is 44.8 Å². The van der Waals surface area contributed by atoms with Crippen molar-refractivity contribution in [3.8, 4) is 11.3 Å². The van der Waals surface area contributed by atoms with E-state index in [9.17, 15) is 5.11 Å². The Morgan fingerprint density at radius 3 is 2.52 bits per heavy atom. The quantitative estimate of drug-likeness (QED) is 0.596. The van der Waals surface area contributed by atoms with Crippen LogP contribution >= 0.6 is 11.6 Å². The molecular weight excluding hydrogens is 384 g/mol. The van der Waals surface area contributed by atoms with E-state index in [-0.39, 0.29) is 6.04 Å². The lowest BCUT2D eigenvalue weighted by Gasteiger charge is -2.28. The van der Waals surface area contributed by atoms with Crippen molar-refractivity contribution in [3.63, 3.8) is 0 Å². The fraction of sp³-hybridized carbons (Fsp3) is 0.375. The highest BCUT2D eigenvalue weighted by molar-refractivity contribution is 6.30. The van der Waals surface area contributed by atoms with Crippen molar-refractivity contribution in [2.75, 3.05) is 13.1 Å². The van der Waals surface area contributed by atoms with Crippen LogP contribution in [0.2, 0.25) is 5.02 Å². The lowest BCUT2D eigenvalue weighted by molar-refractivity contribution is 0.0197. The first-order valence-corrected chi connectivity index (χ1v) is 10.6. The van der Waals surface area contributed by atoms with E-state index < -0.39 is 5.60 Å². The Labute approximate surface area is 177 Å². The van der Waals surface area contributed by atoms with Crippen LogP contribution in [-0.4, -0.2) is 28.1 Å². The third kappa shape index (κ3) is 4.25. The van der Waals surface area contributed by atoms with Crippen molar-refractivity contribution < 1.29 is 9.52 Å². The minimum atomic E-state index is -0.767. The Bertz CT molecular complexity index is 955. The molecule has 0 spiro atoms. The van der Waals surface area contributed by atoms with E-state index in [1.54, 1.807) is 0 Å². The molecule has 1 aromatic heterocycles. The molecule has 0 bridgehead atoms. The van der Waals surface area contributed by atoms with Crippen LogP contribution in [0.4, 0.5) is 0 Å². The van der Waals surface area contributed by atoms with Gasteiger partial charge >= 0.3 is 0 Å². The Morgan fingerprint density at radius 1 is 1.07 bits per heavy atom. The fourth-order valence-electron chi connectivity index (χ4n) is 4.19. The van der Waals surface area contributed by atoms with Gasteiger partial charge in [-0.25, -0.2) is 4.98 Å².